The molecule has 7 heteroatoms. The van der Waals surface area contributed by atoms with Gasteiger partial charge < -0.3 is 19.9 Å². The van der Waals surface area contributed by atoms with E-state index >= 15 is 0 Å². The molecule has 0 saturated carbocycles. The Morgan fingerprint density at radius 3 is 2.71 bits per heavy atom. The number of hydrogen-bond donors (Lipinski definition) is 1. The maximum atomic E-state index is 12.9. The fourth-order valence-corrected chi connectivity index (χ4v) is 4.37. The Kier molecular flexibility index (Phi) is 6.13. The molecule has 0 amide bonds. The van der Waals surface area contributed by atoms with Crippen LogP contribution in [0, 0.1) is 0 Å². The Morgan fingerprint density at radius 1 is 1.19 bits per heavy atom. The monoisotopic (exact) mass is 483 g/mol. The van der Waals surface area contributed by atoms with Crippen molar-refractivity contribution in [2.45, 2.75) is 31.8 Å². The van der Waals surface area contributed by atoms with Crippen LogP contribution >= 0.6 is 15.9 Å². The normalized spacial score (nSPS) is 18.4. The van der Waals surface area contributed by atoms with Gasteiger partial charge in [-0.1, -0.05) is 46.3 Å². The molecular formula is C24H22BrNO5. The number of methoxy groups -OCH3 is 1. The number of esters is 1. The van der Waals surface area contributed by atoms with Crippen LogP contribution in [-0.4, -0.2) is 18.9 Å². The minimum Gasteiger partial charge on any atom is -0.489 e. The average molecular weight is 484 g/mol. The molecule has 160 valence electrons. The summed E-state index contributed by atoms with van der Waals surface area (Å²) in [6.45, 7) is 0.339. The van der Waals surface area contributed by atoms with Crippen molar-refractivity contribution in [1.82, 2.24) is 0 Å². The second-order valence-corrected chi connectivity index (χ2v) is 8.29. The van der Waals surface area contributed by atoms with E-state index in [-0.39, 0.29) is 17.2 Å². The predicted molar refractivity (Wildman–Crippen MR) is 118 cm³/mol. The topological polar surface area (TPSA) is 87.9 Å². The van der Waals surface area contributed by atoms with E-state index in [0.717, 1.165) is 10.0 Å². The van der Waals surface area contributed by atoms with Crippen molar-refractivity contribution in [1.29, 1.82) is 0 Å². The summed E-state index contributed by atoms with van der Waals surface area (Å²) in [5.41, 5.74) is 8.36. The summed E-state index contributed by atoms with van der Waals surface area (Å²) < 4.78 is 17.6. The number of halogens is 1. The maximum Gasteiger partial charge on any atom is 0.340 e. The van der Waals surface area contributed by atoms with E-state index < -0.39 is 11.9 Å². The Labute approximate surface area is 188 Å². The quantitative estimate of drug-likeness (QED) is 0.630. The summed E-state index contributed by atoms with van der Waals surface area (Å²) in [5, 5.41) is 0. The smallest absolute Gasteiger partial charge is 0.340 e. The fraction of sp³-hybridized carbons (Fsp3) is 0.250. The lowest BCUT2D eigenvalue weighted by molar-refractivity contribution is -0.136. The number of nitrogens with two attached hydrogens (primary N) is 1. The number of Topliss-reactive ketones (excluding diaryl/α,β-unsaturated/α-hetero) is 1. The SMILES string of the molecule is COC(=O)C1=C(N)OC2=C(C(=O)CCC2)[C@@H]1c1cc(Br)ccc1OCc1ccccc1. The van der Waals surface area contributed by atoms with Crippen molar-refractivity contribution in [3.05, 3.63) is 86.9 Å². The number of ketones is 1. The van der Waals surface area contributed by atoms with Crippen molar-refractivity contribution in [2.75, 3.05) is 7.11 Å². The Balaban J connectivity index is 1.83. The van der Waals surface area contributed by atoms with Crippen molar-refractivity contribution in [2.24, 2.45) is 5.73 Å². The van der Waals surface area contributed by atoms with Crippen LogP contribution in [0.2, 0.25) is 0 Å². The van der Waals surface area contributed by atoms with Crippen LogP contribution in [-0.2, 0) is 25.7 Å². The van der Waals surface area contributed by atoms with E-state index in [2.05, 4.69) is 15.9 Å². The minimum atomic E-state index is -0.729. The van der Waals surface area contributed by atoms with Crippen LogP contribution in [0.25, 0.3) is 0 Å². The summed E-state index contributed by atoms with van der Waals surface area (Å²) in [6, 6.07) is 15.3. The highest BCUT2D eigenvalue weighted by molar-refractivity contribution is 9.10. The number of rotatable bonds is 5. The van der Waals surface area contributed by atoms with Crippen LogP contribution in [0.3, 0.4) is 0 Å². The summed E-state index contributed by atoms with van der Waals surface area (Å²) in [7, 11) is 1.28. The van der Waals surface area contributed by atoms with E-state index in [1.807, 2.05) is 48.5 Å². The maximum absolute atomic E-state index is 12.9. The molecule has 1 heterocycles. The molecule has 0 fully saturated rings. The van der Waals surface area contributed by atoms with Crippen molar-refractivity contribution >= 4 is 27.7 Å². The van der Waals surface area contributed by atoms with Gasteiger partial charge in [-0.3, -0.25) is 4.79 Å². The van der Waals surface area contributed by atoms with Crippen LogP contribution in [0.15, 0.2) is 75.8 Å². The molecule has 2 aliphatic rings. The van der Waals surface area contributed by atoms with E-state index in [0.29, 0.717) is 48.5 Å². The number of hydrogen-bond acceptors (Lipinski definition) is 6. The van der Waals surface area contributed by atoms with Crippen molar-refractivity contribution in [3.63, 3.8) is 0 Å². The Bertz CT molecular complexity index is 1090. The molecule has 2 N–H and O–H groups in total. The van der Waals surface area contributed by atoms with Gasteiger partial charge >= 0.3 is 5.97 Å². The number of carbonyl (C=O) groups is 2. The zero-order chi connectivity index (χ0) is 22.0. The van der Waals surface area contributed by atoms with Gasteiger partial charge in [-0.15, -0.1) is 0 Å². The van der Waals surface area contributed by atoms with Gasteiger partial charge in [0.05, 0.1) is 13.0 Å². The highest BCUT2D eigenvalue weighted by atomic mass is 79.9. The second kappa shape index (κ2) is 8.98. The highest BCUT2D eigenvalue weighted by Gasteiger charge is 2.42. The lowest BCUT2D eigenvalue weighted by Gasteiger charge is -2.33. The molecule has 1 atom stereocenters. The lowest BCUT2D eigenvalue weighted by atomic mass is 9.77. The molecule has 0 radical (unpaired) electrons. The number of benzene rings is 2. The summed E-state index contributed by atoms with van der Waals surface area (Å²) in [4.78, 5) is 25.6. The molecule has 0 unspecified atom stereocenters. The lowest BCUT2D eigenvalue weighted by Crippen LogP contribution is -2.31. The first kappa shape index (κ1) is 21.2. The fourth-order valence-electron chi connectivity index (χ4n) is 3.99. The number of carbonyl (C=O) groups excluding carboxylic acids is 2. The minimum absolute atomic E-state index is 0.0423. The van der Waals surface area contributed by atoms with Gasteiger partial charge in [0.1, 0.15) is 23.7 Å². The van der Waals surface area contributed by atoms with Gasteiger partial charge in [-0.2, -0.15) is 0 Å². The van der Waals surface area contributed by atoms with E-state index in [1.165, 1.54) is 7.11 Å². The number of allylic oxidation sites excluding steroid dienone is 2. The van der Waals surface area contributed by atoms with Gasteiger partial charge in [-0.25, -0.2) is 4.79 Å². The summed E-state index contributed by atoms with van der Waals surface area (Å²) in [5.74, 6) is -0.402. The zero-order valence-electron chi connectivity index (χ0n) is 17.0. The standard InChI is InChI=1S/C24H22BrNO5/c1-29-24(28)22-20(21-17(27)8-5-9-19(21)31-23(22)26)16-12-15(25)10-11-18(16)30-13-14-6-3-2-4-7-14/h2-4,6-7,10-12,20H,5,8-9,13,26H2,1H3/t20-/m0/s1. The van der Waals surface area contributed by atoms with Gasteiger partial charge in [0.15, 0.2) is 5.78 Å². The molecule has 0 bridgehead atoms. The Morgan fingerprint density at radius 2 is 1.97 bits per heavy atom. The van der Waals surface area contributed by atoms with Crippen molar-refractivity contribution < 1.29 is 23.8 Å². The third-order valence-corrected chi connectivity index (χ3v) is 5.90. The highest BCUT2D eigenvalue weighted by Crippen LogP contribution is 2.47. The first-order chi connectivity index (χ1) is 15.0. The van der Waals surface area contributed by atoms with Crippen LogP contribution in [0.5, 0.6) is 5.75 Å². The summed E-state index contributed by atoms with van der Waals surface area (Å²) in [6.07, 6.45) is 1.66. The van der Waals surface area contributed by atoms with Gasteiger partial charge in [-0.05, 0) is 30.2 Å². The van der Waals surface area contributed by atoms with Crippen LogP contribution < -0.4 is 10.5 Å². The Hall–Kier alpha value is -3.06. The van der Waals surface area contributed by atoms with E-state index in [4.69, 9.17) is 19.9 Å². The predicted octanol–water partition coefficient (Wildman–Crippen LogP) is 4.49. The van der Waals surface area contributed by atoms with Crippen LogP contribution in [0.4, 0.5) is 0 Å². The van der Waals surface area contributed by atoms with Crippen molar-refractivity contribution in [3.8, 4) is 5.75 Å². The van der Waals surface area contributed by atoms with Gasteiger partial charge in [0.25, 0.3) is 0 Å². The van der Waals surface area contributed by atoms with Gasteiger partial charge in [0, 0.05) is 28.5 Å². The van der Waals surface area contributed by atoms with Gasteiger partial charge in [0.2, 0.25) is 5.88 Å². The molecule has 4 rings (SSSR count). The molecule has 2 aromatic rings. The average Bonchev–Trinajstić information content (AvgIpc) is 2.77. The summed E-state index contributed by atoms with van der Waals surface area (Å²) >= 11 is 3.50. The molecular weight excluding hydrogens is 462 g/mol. The molecule has 0 aromatic heterocycles. The van der Waals surface area contributed by atoms with E-state index in [9.17, 15) is 9.59 Å². The number of ether oxygens (including phenoxy) is 3. The third-order valence-electron chi connectivity index (χ3n) is 5.41. The zero-order valence-corrected chi connectivity index (χ0v) is 18.6. The molecule has 6 nitrogen and oxygen atoms in total. The second-order valence-electron chi connectivity index (χ2n) is 7.37. The molecule has 1 aliphatic carbocycles. The third kappa shape index (κ3) is 4.23. The molecule has 0 spiro atoms. The molecule has 31 heavy (non-hydrogen) atoms. The first-order valence-electron chi connectivity index (χ1n) is 9.97. The largest absolute Gasteiger partial charge is 0.489 e. The molecule has 1 aliphatic heterocycles. The van der Waals surface area contributed by atoms with Crippen LogP contribution in [0.1, 0.15) is 36.3 Å². The molecule has 2 aromatic carbocycles. The molecule has 0 saturated heterocycles. The first-order valence-corrected chi connectivity index (χ1v) is 10.8. The van der Waals surface area contributed by atoms with E-state index in [1.54, 1.807) is 0 Å².